The van der Waals surface area contributed by atoms with Crippen LogP contribution in [0.25, 0.3) is 0 Å². The van der Waals surface area contributed by atoms with Gasteiger partial charge in [0.15, 0.2) is 6.04 Å². The summed E-state index contributed by atoms with van der Waals surface area (Å²) < 4.78 is 0. The summed E-state index contributed by atoms with van der Waals surface area (Å²) >= 11 is 0. The first-order chi connectivity index (χ1) is 26.9. The molecule has 0 spiro atoms. The van der Waals surface area contributed by atoms with Gasteiger partial charge in [-0.3, -0.25) is 48.6 Å². The van der Waals surface area contributed by atoms with E-state index in [2.05, 4.69) is 43.0 Å². The Morgan fingerprint density at radius 3 is 1.52 bits per heavy atom. The molecular formula is C35H70N12O11+2. The molecule has 10 atom stereocenters. The Kier molecular flexibility index (Phi) is 25.1. The molecule has 0 aromatic rings. The second-order valence-corrected chi connectivity index (χ2v) is 15.1. The first kappa shape index (κ1) is 53.5. The molecule has 0 radical (unpaired) electrons. The zero-order valence-electron chi connectivity index (χ0n) is 35.1. The molecule has 1 unspecified atom stereocenters. The minimum atomic E-state index is -1.67. The van der Waals surface area contributed by atoms with Crippen molar-refractivity contribution < 1.29 is 64.3 Å². The van der Waals surface area contributed by atoms with Crippen LogP contribution in [-0.2, 0) is 38.4 Å². The Hall–Kier alpha value is -4.52. The van der Waals surface area contributed by atoms with Crippen LogP contribution in [-0.4, -0.2) is 170 Å². The third kappa shape index (κ3) is 21.3. The second kappa shape index (κ2) is 27.2. The van der Waals surface area contributed by atoms with E-state index in [1.807, 2.05) is 14.1 Å². The smallest absolute Gasteiger partial charge is 0.325 e. The van der Waals surface area contributed by atoms with Crippen LogP contribution in [0.4, 0.5) is 0 Å². The van der Waals surface area contributed by atoms with Crippen LogP contribution in [0.2, 0.25) is 0 Å². The van der Waals surface area contributed by atoms with E-state index in [-0.39, 0.29) is 19.3 Å². The lowest BCUT2D eigenvalue weighted by molar-refractivity contribution is -0.858. The molecule has 0 saturated heterocycles. The SMILES string of the molecule is C[C@H]([NH3+])C(=O)N[C@@H](CCCNC(N)N(C)C)C(=O)N[C@H](C(=O)N[C@@H](CCCC[NH+](C)C)C(=O)N[C@@H](CCC(N)=O)C(=O)N[C@H](C(=O)N[C@@H](C)C(=O)O)[C@@H](C)O)[C@@H](C)O. The van der Waals surface area contributed by atoms with Crippen LogP contribution >= 0.6 is 0 Å². The van der Waals surface area contributed by atoms with E-state index in [1.54, 1.807) is 19.0 Å². The van der Waals surface area contributed by atoms with Crippen molar-refractivity contribution >= 4 is 47.3 Å². The molecule has 0 fully saturated rings. The zero-order chi connectivity index (χ0) is 44.9. The first-order valence-electron chi connectivity index (χ1n) is 19.4. The maximum absolute atomic E-state index is 13.8. The molecule has 18 N–H and O–H groups in total. The summed E-state index contributed by atoms with van der Waals surface area (Å²) in [6.45, 7) is 6.20. The van der Waals surface area contributed by atoms with Crippen LogP contribution in [0, 0.1) is 0 Å². The normalized spacial score (nSPS) is 16.6. The van der Waals surface area contributed by atoms with Gasteiger partial charge >= 0.3 is 5.97 Å². The molecule has 0 aromatic heterocycles. The second-order valence-electron chi connectivity index (χ2n) is 15.1. The number of nitrogens with two attached hydrogens (primary N) is 2. The maximum atomic E-state index is 13.8. The number of hydrogen-bond acceptors (Lipinski definition) is 13. The molecule has 0 aliphatic heterocycles. The quantitative estimate of drug-likeness (QED) is 0.0246. The molecule has 0 aromatic carbocycles. The lowest BCUT2D eigenvalue weighted by atomic mass is 10.0. The molecule has 0 rings (SSSR count). The topological polar surface area (TPSA) is 369 Å². The molecule has 0 saturated carbocycles. The summed E-state index contributed by atoms with van der Waals surface area (Å²) in [6.07, 6.45) is -2.69. The molecule has 0 bridgehead atoms. The van der Waals surface area contributed by atoms with Gasteiger partial charge in [-0.25, -0.2) is 0 Å². The average molecular weight is 835 g/mol. The predicted molar refractivity (Wildman–Crippen MR) is 209 cm³/mol. The number of carbonyl (C=O) groups is 8. The van der Waals surface area contributed by atoms with Gasteiger partial charge in [-0.15, -0.1) is 0 Å². The number of rotatable bonds is 29. The van der Waals surface area contributed by atoms with Gasteiger partial charge < -0.3 is 69.3 Å². The summed E-state index contributed by atoms with van der Waals surface area (Å²) in [4.78, 5) is 106. The maximum Gasteiger partial charge on any atom is 0.325 e. The van der Waals surface area contributed by atoms with Gasteiger partial charge in [0.05, 0.1) is 32.8 Å². The summed E-state index contributed by atoms with van der Waals surface area (Å²) in [6, 6.07) is -9.40. The average Bonchev–Trinajstić information content (AvgIpc) is 3.12. The van der Waals surface area contributed by atoms with Crippen molar-refractivity contribution in [3.05, 3.63) is 0 Å². The fraction of sp³-hybridized carbons (Fsp3) is 0.771. The molecular weight excluding hydrogens is 764 g/mol. The largest absolute Gasteiger partial charge is 0.480 e. The van der Waals surface area contributed by atoms with Crippen LogP contribution in [0.1, 0.15) is 72.6 Å². The van der Waals surface area contributed by atoms with E-state index in [9.17, 15) is 48.6 Å². The number of quaternary nitrogens is 2. The standard InChI is InChI=1S/C35H68N12O11/c1-18(36)28(51)41-23(13-11-16-39-35(38)47(7)8)30(53)45-27(21(4)49)33(56)43-22(12-9-10-17-46(5)6)29(52)42-24(14-15-25(37)50)31(54)44-26(20(3)48)32(55)40-19(2)34(57)58/h18-24,26-27,35,39,48-49H,9-17,36,38H2,1-8H3,(H2,37,50)(H,40,55)(H,41,51)(H,42,52)(H,43,56)(H,44,54)(H,45,53)(H,57,58)/p+2/t18-,19-,20+,21+,22-,23-,24-,26-,27-,35?/m0/s1. The van der Waals surface area contributed by atoms with Crippen LogP contribution in [0.15, 0.2) is 0 Å². The Balaban J connectivity index is 6.38. The van der Waals surface area contributed by atoms with Crippen molar-refractivity contribution in [3.8, 4) is 0 Å². The number of aliphatic hydroxyl groups excluding tert-OH is 2. The molecule has 23 nitrogen and oxygen atoms in total. The monoisotopic (exact) mass is 835 g/mol. The van der Waals surface area contributed by atoms with Crippen molar-refractivity contribution in [2.75, 3.05) is 41.3 Å². The highest BCUT2D eigenvalue weighted by molar-refractivity contribution is 5.97. The van der Waals surface area contributed by atoms with E-state index in [0.29, 0.717) is 32.4 Å². The number of nitrogens with zero attached hydrogens (tertiary/aromatic N) is 1. The van der Waals surface area contributed by atoms with Gasteiger partial charge in [0.2, 0.25) is 35.4 Å². The Bertz CT molecular complexity index is 1370. The Labute approximate surface area is 339 Å². The van der Waals surface area contributed by atoms with E-state index in [0.717, 1.165) is 4.90 Å². The van der Waals surface area contributed by atoms with E-state index in [1.165, 1.54) is 27.7 Å². The molecule has 0 heterocycles. The van der Waals surface area contributed by atoms with Crippen molar-refractivity contribution in [2.24, 2.45) is 11.5 Å². The number of primary amides is 1. The minimum absolute atomic E-state index is 0.0312. The number of unbranched alkanes of at least 4 members (excludes halogenated alkanes) is 1. The summed E-state index contributed by atoms with van der Waals surface area (Å²) in [5.74, 6) is -7.46. The lowest BCUT2D eigenvalue weighted by Crippen LogP contribution is -3.05. The highest BCUT2D eigenvalue weighted by atomic mass is 16.4. The highest BCUT2D eigenvalue weighted by Gasteiger charge is 2.35. The first-order valence-corrected chi connectivity index (χ1v) is 19.4. The minimum Gasteiger partial charge on any atom is -0.480 e. The fourth-order valence-electron chi connectivity index (χ4n) is 5.19. The number of nitrogens with one attached hydrogen (secondary N) is 8. The van der Waals surface area contributed by atoms with Crippen molar-refractivity contribution in [1.29, 1.82) is 0 Å². The third-order valence-electron chi connectivity index (χ3n) is 8.88. The number of carboxylic acids is 1. The number of amides is 7. The van der Waals surface area contributed by atoms with Gasteiger partial charge in [-0.05, 0) is 86.9 Å². The number of hydrogen-bond donors (Lipinski definition) is 14. The summed E-state index contributed by atoms with van der Waals surface area (Å²) in [7, 11) is 7.40. The molecule has 334 valence electrons. The van der Waals surface area contributed by atoms with Gasteiger partial charge in [0.1, 0.15) is 42.5 Å². The van der Waals surface area contributed by atoms with Crippen LogP contribution < -0.4 is 59.3 Å². The van der Waals surface area contributed by atoms with Gasteiger partial charge in [-0.2, -0.15) is 0 Å². The molecule has 23 heteroatoms. The Morgan fingerprint density at radius 2 is 1.09 bits per heavy atom. The number of carbonyl (C=O) groups excluding carboxylic acids is 7. The predicted octanol–water partition coefficient (Wildman–Crippen LogP) is -7.85. The number of aliphatic carboxylic acids is 1. The molecule has 58 heavy (non-hydrogen) atoms. The number of aliphatic hydroxyl groups is 2. The third-order valence-corrected chi connectivity index (χ3v) is 8.88. The lowest BCUT2D eigenvalue weighted by Gasteiger charge is -2.28. The Morgan fingerprint density at radius 1 is 0.655 bits per heavy atom. The van der Waals surface area contributed by atoms with Gasteiger partial charge in [0, 0.05) is 6.42 Å². The highest BCUT2D eigenvalue weighted by Crippen LogP contribution is 2.08. The molecule has 0 aliphatic rings. The van der Waals surface area contributed by atoms with E-state index < -0.39 is 115 Å². The van der Waals surface area contributed by atoms with Gasteiger partial charge in [-0.1, -0.05) is 0 Å². The molecule has 0 aliphatic carbocycles. The van der Waals surface area contributed by atoms with Crippen molar-refractivity contribution in [2.45, 2.75) is 133 Å². The fourth-order valence-corrected chi connectivity index (χ4v) is 5.19. The summed E-state index contributed by atoms with van der Waals surface area (Å²) in [5, 5.41) is 47.6. The molecule has 7 amide bonds. The van der Waals surface area contributed by atoms with Crippen molar-refractivity contribution in [3.63, 3.8) is 0 Å². The van der Waals surface area contributed by atoms with Crippen LogP contribution in [0.3, 0.4) is 0 Å². The van der Waals surface area contributed by atoms with E-state index >= 15 is 0 Å². The van der Waals surface area contributed by atoms with Crippen LogP contribution in [0.5, 0.6) is 0 Å². The van der Waals surface area contributed by atoms with Gasteiger partial charge in [0.25, 0.3) is 5.91 Å². The number of carboxylic acid groups (broad SMARTS) is 1. The zero-order valence-corrected chi connectivity index (χ0v) is 35.1. The van der Waals surface area contributed by atoms with E-state index in [4.69, 9.17) is 16.6 Å². The summed E-state index contributed by atoms with van der Waals surface area (Å²) in [5.41, 5.74) is 15.0. The van der Waals surface area contributed by atoms with Crippen molar-refractivity contribution in [1.82, 2.24) is 42.1 Å².